The van der Waals surface area contributed by atoms with Crippen LogP contribution < -0.4 is 10.1 Å². The number of ether oxygens (including phenoxy) is 1. The average molecular weight is 273 g/mol. The number of nitrogens with one attached hydrogen (secondary N) is 1. The van der Waals surface area contributed by atoms with Gasteiger partial charge in [-0.3, -0.25) is 4.79 Å². The summed E-state index contributed by atoms with van der Waals surface area (Å²) in [6.45, 7) is 2.78. The molecular formula is C15H15NO4. The van der Waals surface area contributed by atoms with Gasteiger partial charge in [0.25, 0.3) is 5.91 Å². The van der Waals surface area contributed by atoms with Crippen molar-refractivity contribution in [3.63, 3.8) is 0 Å². The van der Waals surface area contributed by atoms with E-state index in [2.05, 4.69) is 5.32 Å². The van der Waals surface area contributed by atoms with Gasteiger partial charge in [0.15, 0.2) is 0 Å². The van der Waals surface area contributed by atoms with Gasteiger partial charge in [0.05, 0.1) is 18.4 Å². The van der Waals surface area contributed by atoms with Crippen LogP contribution in [0, 0.1) is 6.92 Å². The van der Waals surface area contributed by atoms with Gasteiger partial charge < -0.3 is 19.6 Å². The fraction of sp³-hybridized carbons (Fsp3) is 0.267. The van der Waals surface area contributed by atoms with Crippen molar-refractivity contribution in [2.75, 3.05) is 13.2 Å². The number of benzene rings is 1. The number of aryl methyl sites for hydroxylation is 1. The Balaban J connectivity index is 2.00. The minimum atomic E-state index is -0.897. The van der Waals surface area contributed by atoms with Crippen molar-refractivity contribution in [1.82, 2.24) is 5.32 Å². The third kappa shape index (κ3) is 2.16. The Hall–Kier alpha value is -2.27. The lowest BCUT2D eigenvalue weighted by Gasteiger charge is -2.12. The van der Waals surface area contributed by atoms with E-state index in [9.17, 15) is 9.90 Å². The van der Waals surface area contributed by atoms with Crippen molar-refractivity contribution in [3.8, 4) is 5.75 Å². The monoisotopic (exact) mass is 273 g/mol. The topological polar surface area (TPSA) is 71.7 Å². The Morgan fingerprint density at radius 3 is 2.95 bits per heavy atom. The van der Waals surface area contributed by atoms with Crippen LogP contribution in [0.1, 0.15) is 33.3 Å². The number of amides is 1. The summed E-state index contributed by atoms with van der Waals surface area (Å²) in [5.41, 5.74) is 1.90. The second kappa shape index (κ2) is 5.02. The lowest BCUT2D eigenvalue weighted by atomic mass is 10.0. The first-order chi connectivity index (χ1) is 9.66. The average Bonchev–Trinajstić information content (AvgIpc) is 2.79. The normalized spacial score (nSPS) is 15.8. The Kier molecular flexibility index (Phi) is 3.20. The molecule has 0 bridgehead atoms. The highest BCUT2D eigenvalue weighted by Crippen LogP contribution is 2.29. The van der Waals surface area contributed by atoms with Gasteiger partial charge in [0.2, 0.25) is 0 Å². The first-order valence-electron chi connectivity index (χ1n) is 6.44. The maximum absolute atomic E-state index is 11.9. The van der Waals surface area contributed by atoms with E-state index < -0.39 is 6.10 Å². The Morgan fingerprint density at radius 1 is 1.35 bits per heavy atom. The van der Waals surface area contributed by atoms with Crippen LogP contribution in [0.5, 0.6) is 5.75 Å². The van der Waals surface area contributed by atoms with Crippen LogP contribution in [-0.4, -0.2) is 24.2 Å². The van der Waals surface area contributed by atoms with Crippen LogP contribution in [0.3, 0.4) is 0 Å². The van der Waals surface area contributed by atoms with E-state index in [0.29, 0.717) is 35.8 Å². The molecule has 0 fully saturated rings. The fourth-order valence-electron chi connectivity index (χ4n) is 2.26. The summed E-state index contributed by atoms with van der Waals surface area (Å²) in [5.74, 6) is 0.828. The first-order valence-corrected chi connectivity index (χ1v) is 6.44. The predicted molar refractivity (Wildman–Crippen MR) is 71.8 cm³/mol. The minimum Gasteiger partial charge on any atom is -0.491 e. The molecule has 1 aromatic heterocycles. The van der Waals surface area contributed by atoms with E-state index in [1.807, 2.05) is 6.92 Å². The zero-order chi connectivity index (χ0) is 14.1. The predicted octanol–water partition coefficient (Wildman–Crippen LogP) is 1.79. The number of fused-ring (bicyclic) bond motifs is 1. The molecule has 0 spiro atoms. The highest BCUT2D eigenvalue weighted by molar-refractivity contribution is 5.97. The molecule has 2 heterocycles. The number of carbonyl (C=O) groups is 1. The number of aliphatic hydroxyl groups excluding tert-OH is 1. The van der Waals surface area contributed by atoms with Crippen LogP contribution >= 0.6 is 0 Å². The van der Waals surface area contributed by atoms with E-state index >= 15 is 0 Å². The quantitative estimate of drug-likeness (QED) is 0.875. The molecule has 20 heavy (non-hydrogen) atoms. The molecule has 3 rings (SSSR count). The number of furan rings is 1. The molecule has 1 atom stereocenters. The van der Waals surface area contributed by atoms with Crippen molar-refractivity contribution < 1.29 is 19.1 Å². The minimum absolute atomic E-state index is 0.192. The molecule has 0 saturated heterocycles. The van der Waals surface area contributed by atoms with E-state index in [0.717, 1.165) is 5.56 Å². The second-order valence-corrected chi connectivity index (χ2v) is 4.73. The number of hydrogen-bond acceptors (Lipinski definition) is 4. The van der Waals surface area contributed by atoms with Crippen molar-refractivity contribution in [2.24, 2.45) is 0 Å². The Bertz CT molecular complexity index is 647. The van der Waals surface area contributed by atoms with Crippen LogP contribution in [0.25, 0.3) is 0 Å². The SMILES string of the molecule is Cc1ccoc1C(O)c1ccc2c(c1)C(=O)NCCO2. The molecule has 0 aliphatic carbocycles. The molecule has 1 aromatic carbocycles. The highest BCUT2D eigenvalue weighted by atomic mass is 16.5. The standard InChI is InChI=1S/C15H15NO4/c1-9-4-6-20-14(9)13(17)10-2-3-12-11(8-10)15(18)16-5-7-19-12/h2-4,6,8,13,17H,5,7H2,1H3,(H,16,18). The third-order valence-electron chi connectivity index (χ3n) is 3.36. The lowest BCUT2D eigenvalue weighted by molar-refractivity contribution is 0.0957. The molecule has 5 heteroatoms. The van der Waals surface area contributed by atoms with Gasteiger partial charge >= 0.3 is 0 Å². The molecule has 1 unspecified atom stereocenters. The third-order valence-corrected chi connectivity index (χ3v) is 3.36. The van der Waals surface area contributed by atoms with Crippen LogP contribution in [0.4, 0.5) is 0 Å². The molecule has 5 nitrogen and oxygen atoms in total. The van der Waals surface area contributed by atoms with Gasteiger partial charge in [0, 0.05) is 0 Å². The molecule has 2 N–H and O–H groups in total. The molecule has 1 aliphatic rings. The second-order valence-electron chi connectivity index (χ2n) is 4.73. The van der Waals surface area contributed by atoms with Crippen LogP contribution in [-0.2, 0) is 0 Å². The zero-order valence-corrected chi connectivity index (χ0v) is 11.1. The van der Waals surface area contributed by atoms with Crippen molar-refractivity contribution in [2.45, 2.75) is 13.0 Å². The summed E-state index contributed by atoms with van der Waals surface area (Å²) in [5, 5.41) is 13.1. The maximum Gasteiger partial charge on any atom is 0.255 e. The van der Waals surface area contributed by atoms with Crippen LogP contribution in [0.2, 0.25) is 0 Å². The van der Waals surface area contributed by atoms with Gasteiger partial charge in [0.1, 0.15) is 24.2 Å². The molecule has 2 aromatic rings. The summed E-state index contributed by atoms with van der Waals surface area (Å²) in [7, 11) is 0. The van der Waals surface area contributed by atoms with E-state index in [1.165, 1.54) is 6.26 Å². The summed E-state index contributed by atoms with van der Waals surface area (Å²) in [6, 6.07) is 6.88. The zero-order valence-electron chi connectivity index (χ0n) is 11.1. The summed E-state index contributed by atoms with van der Waals surface area (Å²) in [4.78, 5) is 11.9. The van der Waals surface area contributed by atoms with E-state index in [1.54, 1.807) is 24.3 Å². The maximum atomic E-state index is 11.9. The molecule has 0 saturated carbocycles. The van der Waals surface area contributed by atoms with Gasteiger partial charge in [-0.1, -0.05) is 6.07 Å². The van der Waals surface area contributed by atoms with Crippen molar-refractivity contribution in [3.05, 3.63) is 53.0 Å². The van der Waals surface area contributed by atoms with Gasteiger partial charge in [-0.25, -0.2) is 0 Å². The molecule has 0 radical (unpaired) electrons. The lowest BCUT2D eigenvalue weighted by Crippen LogP contribution is -2.24. The van der Waals surface area contributed by atoms with E-state index in [4.69, 9.17) is 9.15 Å². The summed E-state index contributed by atoms with van der Waals surface area (Å²) in [6.07, 6.45) is 0.638. The van der Waals surface area contributed by atoms with Crippen molar-refractivity contribution >= 4 is 5.91 Å². The Morgan fingerprint density at radius 2 is 2.20 bits per heavy atom. The van der Waals surface area contributed by atoms with Gasteiger partial charge in [-0.15, -0.1) is 0 Å². The summed E-state index contributed by atoms with van der Waals surface area (Å²) >= 11 is 0. The van der Waals surface area contributed by atoms with E-state index in [-0.39, 0.29) is 5.91 Å². The fourth-order valence-corrected chi connectivity index (χ4v) is 2.26. The summed E-state index contributed by atoms with van der Waals surface area (Å²) < 4.78 is 10.8. The number of hydrogen-bond donors (Lipinski definition) is 2. The molecule has 1 amide bonds. The Labute approximate surface area is 116 Å². The van der Waals surface area contributed by atoms with Gasteiger partial charge in [-0.2, -0.15) is 0 Å². The number of rotatable bonds is 2. The number of aliphatic hydroxyl groups is 1. The van der Waals surface area contributed by atoms with Crippen molar-refractivity contribution in [1.29, 1.82) is 0 Å². The van der Waals surface area contributed by atoms with Gasteiger partial charge in [-0.05, 0) is 36.2 Å². The molecule has 104 valence electrons. The smallest absolute Gasteiger partial charge is 0.255 e. The first kappa shape index (κ1) is 12.7. The molecular weight excluding hydrogens is 258 g/mol. The van der Waals surface area contributed by atoms with Crippen LogP contribution in [0.15, 0.2) is 34.9 Å². The highest BCUT2D eigenvalue weighted by Gasteiger charge is 2.21. The number of carbonyl (C=O) groups excluding carboxylic acids is 1. The molecule has 1 aliphatic heterocycles. The largest absolute Gasteiger partial charge is 0.491 e.